The Kier molecular flexibility index (Phi) is 20.6. The molecule has 0 radical (unpaired) electrons. The van der Waals surface area contributed by atoms with Crippen LogP contribution in [0.1, 0.15) is 84.0 Å². The van der Waals surface area contributed by atoms with Gasteiger partial charge in [0.2, 0.25) is 0 Å². The highest BCUT2D eigenvalue weighted by atomic mass is 16.4. The number of hydrogen-bond donors (Lipinski definition) is 7. The van der Waals surface area contributed by atoms with Crippen molar-refractivity contribution in [2.75, 3.05) is 19.8 Å². The van der Waals surface area contributed by atoms with Crippen molar-refractivity contribution < 1.29 is 35.4 Å². The maximum atomic E-state index is 10.6. The third kappa shape index (κ3) is 17.0. The van der Waals surface area contributed by atoms with E-state index in [9.17, 15) is 15.0 Å². The Labute approximate surface area is 217 Å². The third-order valence-corrected chi connectivity index (χ3v) is 6.52. The SMILES string of the molecule is CCCCCCCCC(O)/C=C/C=C/[C@@H]1CC=CC[C@H]1C(O)CCCC(=O)O.NC(CO)(CO)CO. The van der Waals surface area contributed by atoms with Gasteiger partial charge in [-0.3, -0.25) is 4.79 Å². The number of hydrogen-bond acceptors (Lipinski definition) is 7. The Morgan fingerprint density at radius 3 is 2.14 bits per heavy atom. The number of carbonyl (C=O) groups is 1. The fourth-order valence-corrected chi connectivity index (χ4v) is 3.98. The molecule has 0 heterocycles. The van der Waals surface area contributed by atoms with Gasteiger partial charge in [0.15, 0.2) is 0 Å². The first-order valence-electron chi connectivity index (χ1n) is 13.4. The Morgan fingerprint density at radius 2 is 1.56 bits per heavy atom. The number of aliphatic hydroxyl groups excluding tert-OH is 5. The highest BCUT2D eigenvalue weighted by Gasteiger charge is 2.27. The molecule has 0 fully saturated rings. The molecule has 36 heavy (non-hydrogen) atoms. The summed E-state index contributed by atoms with van der Waals surface area (Å²) in [4.78, 5) is 10.6. The standard InChI is InChI=1S/C24H40O4.C4H11NO3/c1-2-3-4-5-6-7-15-21(25)16-10-8-13-20-14-9-11-17-22(20)23(26)18-12-19-24(27)28;5-4(1-6,2-7)3-8/h8-11,13,16,20-23,25-26H,2-7,12,14-15,17-19H2,1H3,(H,27,28);6-8H,1-3,5H2/b13-8+,16-10+;/t20-,21?,22-,23?;/m1./s1. The normalized spacial score (nSPS) is 19.9. The molecule has 0 bridgehead atoms. The minimum atomic E-state index is -1.21. The van der Waals surface area contributed by atoms with Crippen molar-refractivity contribution in [3.8, 4) is 0 Å². The van der Waals surface area contributed by atoms with Gasteiger partial charge in [0.25, 0.3) is 0 Å². The Morgan fingerprint density at radius 1 is 0.944 bits per heavy atom. The molecule has 8 heteroatoms. The molecule has 1 aliphatic rings. The van der Waals surface area contributed by atoms with Crippen molar-refractivity contribution >= 4 is 5.97 Å². The third-order valence-electron chi connectivity index (χ3n) is 6.52. The molecule has 0 aromatic carbocycles. The maximum absolute atomic E-state index is 10.6. The molecule has 0 aromatic heterocycles. The minimum Gasteiger partial charge on any atom is -0.481 e. The second kappa shape index (κ2) is 21.5. The van der Waals surface area contributed by atoms with E-state index in [1.54, 1.807) is 0 Å². The van der Waals surface area contributed by atoms with Crippen LogP contribution >= 0.6 is 0 Å². The second-order valence-corrected chi connectivity index (χ2v) is 9.85. The molecule has 0 aromatic rings. The number of carboxylic acids is 1. The average Bonchev–Trinajstić information content (AvgIpc) is 2.88. The summed E-state index contributed by atoms with van der Waals surface area (Å²) in [5, 5.41) is 54.3. The maximum Gasteiger partial charge on any atom is 0.303 e. The van der Waals surface area contributed by atoms with Gasteiger partial charge in [0, 0.05) is 6.42 Å². The predicted octanol–water partition coefficient (Wildman–Crippen LogP) is 3.07. The predicted molar refractivity (Wildman–Crippen MR) is 143 cm³/mol. The zero-order chi connectivity index (χ0) is 27.2. The van der Waals surface area contributed by atoms with Gasteiger partial charge in [-0.15, -0.1) is 0 Å². The first kappa shape index (κ1) is 34.5. The van der Waals surface area contributed by atoms with E-state index >= 15 is 0 Å². The van der Waals surface area contributed by atoms with Crippen molar-refractivity contribution in [3.63, 3.8) is 0 Å². The first-order valence-corrected chi connectivity index (χ1v) is 13.4. The minimum absolute atomic E-state index is 0.110. The van der Waals surface area contributed by atoms with E-state index in [4.69, 9.17) is 26.2 Å². The number of nitrogens with two attached hydrogens (primary N) is 1. The van der Waals surface area contributed by atoms with E-state index in [0.29, 0.717) is 12.8 Å². The number of unbranched alkanes of at least 4 members (excludes halogenated alkanes) is 5. The molecule has 0 aliphatic heterocycles. The number of aliphatic hydroxyl groups is 5. The lowest BCUT2D eigenvalue weighted by atomic mass is 9.78. The average molecular weight is 514 g/mol. The summed E-state index contributed by atoms with van der Waals surface area (Å²) >= 11 is 0. The van der Waals surface area contributed by atoms with Crippen molar-refractivity contribution in [3.05, 3.63) is 36.5 Å². The van der Waals surface area contributed by atoms with Crippen LogP contribution in [0.15, 0.2) is 36.5 Å². The summed E-state index contributed by atoms with van der Waals surface area (Å²) in [7, 11) is 0. The molecular weight excluding hydrogens is 462 g/mol. The van der Waals surface area contributed by atoms with Crippen LogP contribution in [-0.2, 0) is 4.79 Å². The fraction of sp³-hybridized carbons (Fsp3) is 0.750. The van der Waals surface area contributed by atoms with Gasteiger partial charge in [0.05, 0.1) is 37.6 Å². The topological polar surface area (TPSA) is 164 Å². The van der Waals surface area contributed by atoms with Crippen LogP contribution in [0.2, 0.25) is 0 Å². The molecule has 210 valence electrons. The first-order chi connectivity index (χ1) is 17.2. The quantitative estimate of drug-likeness (QED) is 0.0834. The van der Waals surface area contributed by atoms with Gasteiger partial charge in [0.1, 0.15) is 0 Å². The summed E-state index contributed by atoms with van der Waals surface area (Å²) in [6.45, 7) is 1.01. The van der Waals surface area contributed by atoms with Crippen molar-refractivity contribution in [2.45, 2.75) is 102 Å². The highest BCUT2D eigenvalue weighted by molar-refractivity contribution is 5.66. The molecule has 1 rings (SSSR count). The highest BCUT2D eigenvalue weighted by Crippen LogP contribution is 2.31. The molecule has 4 atom stereocenters. The van der Waals surface area contributed by atoms with Crippen LogP contribution in [-0.4, -0.2) is 74.2 Å². The van der Waals surface area contributed by atoms with E-state index in [1.165, 1.54) is 32.1 Å². The zero-order valence-corrected chi connectivity index (χ0v) is 22.0. The van der Waals surface area contributed by atoms with Crippen molar-refractivity contribution in [2.24, 2.45) is 17.6 Å². The summed E-state index contributed by atoms with van der Waals surface area (Å²) in [6.07, 6.45) is 22.3. The van der Waals surface area contributed by atoms with E-state index in [-0.39, 0.29) is 24.4 Å². The summed E-state index contributed by atoms with van der Waals surface area (Å²) in [6, 6.07) is 0. The lowest BCUT2D eigenvalue weighted by Crippen LogP contribution is -2.50. The molecule has 1 aliphatic carbocycles. The molecule has 0 saturated carbocycles. The van der Waals surface area contributed by atoms with Crippen LogP contribution in [0.4, 0.5) is 0 Å². The Balaban J connectivity index is 0.00000131. The van der Waals surface area contributed by atoms with Crippen molar-refractivity contribution in [1.82, 2.24) is 0 Å². The van der Waals surface area contributed by atoms with Crippen LogP contribution in [0, 0.1) is 11.8 Å². The van der Waals surface area contributed by atoms with E-state index < -0.39 is 37.4 Å². The molecule has 8 N–H and O–H groups in total. The van der Waals surface area contributed by atoms with Gasteiger partial charge in [-0.25, -0.2) is 0 Å². The summed E-state index contributed by atoms with van der Waals surface area (Å²) in [5.41, 5.74) is 3.94. The Hall–Kier alpha value is -1.55. The lowest BCUT2D eigenvalue weighted by Gasteiger charge is -2.30. The van der Waals surface area contributed by atoms with Crippen LogP contribution in [0.25, 0.3) is 0 Å². The molecular formula is C28H51NO7. The number of allylic oxidation sites excluding steroid dienone is 5. The smallest absolute Gasteiger partial charge is 0.303 e. The molecule has 0 spiro atoms. The van der Waals surface area contributed by atoms with Gasteiger partial charge < -0.3 is 36.4 Å². The molecule has 0 amide bonds. The number of carboxylic acid groups (broad SMARTS) is 1. The second-order valence-electron chi connectivity index (χ2n) is 9.85. The van der Waals surface area contributed by atoms with Gasteiger partial charge in [-0.2, -0.15) is 0 Å². The van der Waals surface area contributed by atoms with Crippen LogP contribution in [0.5, 0.6) is 0 Å². The summed E-state index contributed by atoms with van der Waals surface area (Å²) < 4.78 is 0. The monoisotopic (exact) mass is 513 g/mol. The van der Waals surface area contributed by atoms with E-state index in [1.807, 2.05) is 18.2 Å². The van der Waals surface area contributed by atoms with Crippen LogP contribution in [0.3, 0.4) is 0 Å². The molecule has 2 unspecified atom stereocenters. The van der Waals surface area contributed by atoms with E-state index in [0.717, 1.165) is 25.7 Å². The number of aliphatic carboxylic acids is 1. The lowest BCUT2D eigenvalue weighted by molar-refractivity contribution is -0.137. The van der Waals surface area contributed by atoms with Crippen molar-refractivity contribution in [1.29, 1.82) is 0 Å². The molecule has 0 saturated heterocycles. The van der Waals surface area contributed by atoms with Gasteiger partial charge in [-0.1, -0.05) is 81.9 Å². The molecule has 8 nitrogen and oxygen atoms in total. The summed E-state index contributed by atoms with van der Waals surface area (Å²) in [5.74, 6) is -0.418. The van der Waals surface area contributed by atoms with Gasteiger partial charge in [-0.05, 0) is 43.9 Å². The fourth-order valence-electron chi connectivity index (χ4n) is 3.98. The van der Waals surface area contributed by atoms with E-state index in [2.05, 4.69) is 25.2 Å². The Bertz CT molecular complexity index is 623. The zero-order valence-electron chi connectivity index (χ0n) is 22.0. The largest absolute Gasteiger partial charge is 0.481 e. The van der Waals surface area contributed by atoms with Crippen LogP contribution < -0.4 is 5.73 Å². The van der Waals surface area contributed by atoms with Gasteiger partial charge >= 0.3 is 5.97 Å². The number of rotatable bonds is 18.